The quantitative estimate of drug-likeness (QED) is 0.343. The van der Waals surface area contributed by atoms with Gasteiger partial charge in [0.15, 0.2) is 0 Å². The molecule has 104 valence electrons. The van der Waals surface area contributed by atoms with Crippen molar-refractivity contribution < 1.29 is 0 Å². The Hall–Kier alpha value is -0.770. The molecule has 1 unspecified atom stereocenters. The van der Waals surface area contributed by atoms with Gasteiger partial charge in [0.2, 0.25) is 5.96 Å². The van der Waals surface area contributed by atoms with E-state index < -0.39 is 0 Å². The number of guanidine groups is 1. The van der Waals surface area contributed by atoms with Gasteiger partial charge in [-0.15, -0.1) is 0 Å². The van der Waals surface area contributed by atoms with Crippen molar-refractivity contribution in [2.24, 2.45) is 16.8 Å². The van der Waals surface area contributed by atoms with Crippen LogP contribution in [0.1, 0.15) is 58.3 Å². The number of hydrazine groups is 1. The number of hydrogen-bond acceptors (Lipinski definition) is 2. The van der Waals surface area contributed by atoms with Crippen LogP contribution in [0.4, 0.5) is 0 Å². The highest BCUT2D eigenvalue weighted by molar-refractivity contribution is 5.79. The van der Waals surface area contributed by atoms with E-state index in [4.69, 9.17) is 10.8 Å². The first-order valence-electron chi connectivity index (χ1n) is 7.62. The first kappa shape index (κ1) is 13.7. The van der Waals surface area contributed by atoms with Crippen molar-refractivity contribution in [2.45, 2.75) is 64.3 Å². The van der Waals surface area contributed by atoms with E-state index in [1.807, 2.05) is 0 Å². The molecule has 1 saturated carbocycles. The first-order valence-corrected chi connectivity index (χ1v) is 7.62. The summed E-state index contributed by atoms with van der Waals surface area (Å²) in [5, 5.41) is 0. The van der Waals surface area contributed by atoms with Crippen molar-refractivity contribution in [3.05, 3.63) is 0 Å². The fourth-order valence-electron chi connectivity index (χ4n) is 3.20. The maximum absolute atomic E-state index is 5.68. The molecule has 0 aromatic carbocycles. The predicted molar refractivity (Wildman–Crippen MR) is 76.2 cm³/mol. The lowest BCUT2D eigenvalue weighted by molar-refractivity contribution is 0.397. The molecule has 2 rings (SSSR count). The SMILES string of the molecule is CCC1CCCN(C(=NC2CCCC2)NN)CC1. The molecular formula is C14H28N4. The molecule has 0 radical (unpaired) electrons. The van der Waals surface area contributed by atoms with E-state index in [1.54, 1.807) is 0 Å². The normalized spacial score (nSPS) is 27.3. The van der Waals surface area contributed by atoms with E-state index in [2.05, 4.69) is 17.2 Å². The summed E-state index contributed by atoms with van der Waals surface area (Å²) in [7, 11) is 0. The number of nitrogens with zero attached hydrogens (tertiary/aromatic N) is 2. The zero-order chi connectivity index (χ0) is 12.8. The summed E-state index contributed by atoms with van der Waals surface area (Å²) in [6.07, 6.45) is 10.3. The Morgan fingerprint density at radius 2 is 1.94 bits per heavy atom. The number of nitrogens with one attached hydrogen (secondary N) is 1. The Morgan fingerprint density at radius 3 is 2.61 bits per heavy atom. The molecule has 2 fully saturated rings. The number of rotatable bonds is 2. The third-order valence-corrected chi connectivity index (χ3v) is 4.48. The minimum Gasteiger partial charge on any atom is -0.342 e. The molecule has 1 aliphatic heterocycles. The Bertz CT molecular complexity index is 271. The fourth-order valence-corrected chi connectivity index (χ4v) is 3.20. The Morgan fingerprint density at radius 1 is 1.17 bits per heavy atom. The summed E-state index contributed by atoms with van der Waals surface area (Å²) in [6.45, 7) is 4.51. The summed E-state index contributed by atoms with van der Waals surface area (Å²) in [6, 6.07) is 0.501. The standard InChI is InChI=1S/C14H28N4/c1-2-12-6-5-10-18(11-9-12)14(17-15)16-13-7-3-4-8-13/h12-13H,2-11,15H2,1H3,(H,16,17). The van der Waals surface area contributed by atoms with Crippen molar-refractivity contribution in [1.29, 1.82) is 0 Å². The van der Waals surface area contributed by atoms with E-state index in [0.717, 1.165) is 25.0 Å². The second-order valence-electron chi connectivity index (χ2n) is 5.73. The second-order valence-corrected chi connectivity index (χ2v) is 5.73. The molecule has 1 saturated heterocycles. The average Bonchev–Trinajstić information content (AvgIpc) is 2.79. The van der Waals surface area contributed by atoms with Crippen molar-refractivity contribution in [3.63, 3.8) is 0 Å². The number of hydrogen-bond donors (Lipinski definition) is 2. The van der Waals surface area contributed by atoms with Gasteiger partial charge >= 0.3 is 0 Å². The molecule has 0 aromatic heterocycles. The van der Waals surface area contributed by atoms with Crippen LogP contribution in [-0.2, 0) is 0 Å². The molecule has 0 spiro atoms. The van der Waals surface area contributed by atoms with E-state index in [-0.39, 0.29) is 0 Å². The van der Waals surface area contributed by atoms with Crippen molar-refractivity contribution in [2.75, 3.05) is 13.1 Å². The van der Waals surface area contributed by atoms with Gasteiger partial charge in [0.1, 0.15) is 0 Å². The molecule has 1 atom stereocenters. The molecule has 1 heterocycles. The van der Waals surface area contributed by atoms with E-state index >= 15 is 0 Å². The van der Waals surface area contributed by atoms with Gasteiger partial charge in [0, 0.05) is 13.1 Å². The maximum Gasteiger partial charge on any atom is 0.208 e. The lowest BCUT2D eigenvalue weighted by Crippen LogP contribution is -2.45. The van der Waals surface area contributed by atoms with E-state index in [9.17, 15) is 0 Å². The predicted octanol–water partition coefficient (Wildman–Crippen LogP) is 2.26. The topological polar surface area (TPSA) is 53.6 Å². The highest BCUT2D eigenvalue weighted by atomic mass is 15.4. The van der Waals surface area contributed by atoms with Crippen molar-refractivity contribution in [1.82, 2.24) is 10.3 Å². The largest absolute Gasteiger partial charge is 0.342 e. The smallest absolute Gasteiger partial charge is 0.208 e. The highest BCUT2D eigenvalue weighted by Crippen LogP contribution is 2.23. The highest BCUT2D eigenvalue weighted by Gasteiger charge is 2.20. The third-order valence-electron chi connectivity index (χ3n) is 4.48. The average molecular weight is 252 g/mol. The molecule has 3 N–H and O–H groups in total. The molecule has 2 aliphatic rings. The second kappa shape index (κ2) is 6.98. The van der Waals surface area contributed by atoms with Crippen LogP contribution in [0.3, 0.4) is 0 Å². The van der Waals surface area contributed by atoms with Gasteiger partial charge in [-0.05, 0) is 38.0 Å². The number of likely N-dealkylation sites (tertiary alicyclic amines) is 1. The van der Waals surface area contributed by atoms with Crippen LogP contribution in [0.2, 0.25) is 0 Å². The van der Waals surface area contributed by atoms with Gasteiger partial charge in [0.05, 0.1) is 6.04 Å². The zero-order valence-corrected chi connectivity index (χ0v) is 11.7. The van der Waals surface area contributed by atoms with Crippen LogP contribution in [0.5, 0.6) is 0 Å². The molecule has 4 nitrogen and oxygen atoms in total. The van der Waals surface area contributed by atoms with Crippen LogP contribution in [0, 0.1) is 5.92 Å². The van der Waals surface area contributed by atoms with Gasteiger partial charge in [-0.25, -0.2) is 10.8 Å². The summed E-state index contributed by atoms with van der Waals surface area (Å²) in [5.74, 6) is 7.50. The van der Waals surface area contributed by atoms with E-state index in [0.29, 0.717) is 6.04 Å². The molecule has 0 bridgehead atoms. The van der Waals surface area contributed by atoms with Gasteiger partial charge < -0.3 is 4.90 Å². The van der Waals surface area contributed by atoms with Crippen molar-refractivity contribution in [3.8, 4) is 0 Å². The van der Waals surface area contributed by atoms with Gasteiger partial charge in [-0.3, -0.25) is 5.43 Å². The summed E-state index contributed by atoms with van der Waals surface area (Å²) < 4.78 is 0. The summed E-state index contributed by atoms with van der Waals surface area (Å²) in [4.78, 5) is 7.17. The lowest BCUT2D eigenvalue weighted by Gasteiger charge is -2.24. The third kappa shape index (κ3) is 3.61. The van der Waals surface area contributed by atoms with Gasteiger partial charge in [-0.1, -0.05) is 26.2 Å². The minimum absolute atomic E-state index is 0.501. The molecular weight excluding hydrogens is 224 g/mol. The first-order chi connectivity index (χ1) is 8.83. The molecule has 18 heavy (non-hydrogen) atoms. The lowest BCUT2D eigenvalue weighted by atomic mass is 9.98. The van der Waals surface area contributed by atoms with E-state index in [1.165, 1.54) is 51.4 Å². The molecule has 4 heteroatoms. The summed E-state index contributed by atoms with van der Waals surface area (Å²) >= 11 is 0. The summed E-state index contributed by atoms with van der Waals surface area (Å²) in [5.41, 5.74) is 2.84. The fraction of sp³-hybridized carbons (Fsp3) is 0.929. The van der Waals surface area contributed by atoms with Crippen LogP contribution in [0.15, 0.2) is 4.99 Å². The Labute approximate surface area is 111 Å². The van der Waals surface area contributed by atoms with Crippen LogP contribution < -0.4 is 11.3 Å². The Kier molecular flexibility index (Phi) is 5.29. The molecule has 0 aromatic rings. The van der Waals surface area contributed by atoms with Gasteiger partial charge in [-0.2, -0.15) is 0 Å². The van der Waals surface area contributed by atoms with Crippen molar-refractivity contribution >= 4 is 5.96 Å². The van der Waals surface area contributed by atoms with Gasteiger partial charge in [0.25, 0.3) is 0 Å². The molecule has 1 aliphatic carbocycles. The minimum atomic E-state index is 0.501. The zero-order valence-electron chi connectivity index (χ0n) is 11.7. The van der Waals surface area contributed by atoms with Crippen LogP contribution >= 0.6 is 0 Å². The van der Waals surface area contributed by atoms with Crippen LogP contribution in [-0.4, -0.2) is 30.0 Å². The number of aliphatic imine (C=N–C) groups is 1. The Balaban J connectivity index is 1.94. The maximum atomic E-state index is 5.68. The number of nitrogens with two attached hydrogens (primary N) is 1. The molecule has 0 amide bonds. The van der Waals surface area contributed by atoms with Crippen LogP contribution in [0.25, 0.3) is 0 Å². The monoisotopic (exact) mass is 252 g/mol.